The van der Waals surface area contributed by atoms with E-state index in [1.807, 2.05) is 12.1 Å². The quantitative estimate of drug-likeness (QED) is 0.668. The number of hydrogen-bond donors (Lipinski definition) is 1. The van der Waals surface area contributed by atoms with E-state index in [4.69, 9.17) is 0 Å². The van der Waals surface area contributed by atoms with Crippen LogP contribution in [0, 0.1) is 24.0 Å². The maximum absolute atomic E-state index is 10.9. The average molecular weight is 270 g/mol. The molecule has 0 atom stereocenters. The molecule has 2 aromatic rings. The Morgan fingerprint density at radius 2 is 1.85 bits per heavy atom. The molecule has 0 bridgehead atoms. The van der Waals surface area contributed by atoms with Crippen LogP contribution in [0.15, 0.2) is 42.5 Å². The Morgan fingerprint density at radius 3 is 2.55 bits per heavy atom. The van der Waals surface area contributed by atoms with Crippen LogP contribution in [0.3, 0.4) is 0 Å². The second-order valence-electron chi connectivity index (χ2n) is 4.91. The molecule has 0 aliphatic heterocycles. The van der Waals surface area contributed by atoms with E-state index < -0.39 is 0 Å². The van der Waals surface area contributed by atoms with Gasteiger partial charge in [-0.15, -0.1) is 0 Å². The molecule has 0 spiro atoms. The summed E-state index contributed by atoms with van der Waals surface area (Å²) in [6.45, 7) is 5.24. The third kappa shape index (κ3) is 3.42. The Kier molecular flexibility index (Phi) is 4.48. The van der Waals surface area contributed by atoms with E-state index in [1.165, 1.54) is 11.1 Å². The first-order chi connectivity index (χ1) is 9.58. The Labute approximate surface area is 118 Å². The molecule has 0 aliphatic rings. The molecule has 104 valence electrons. The number of hydrogen-bond acceptors (Lipinski definition) is 3. The maximum atomic E-state index is 10.9. The second kappa shape index (κ2) is 6.30. The van der Waals surface area contributed by atoms with E-state index in [9.17, 15) is 10.1 Å². The fourth-order valence-electron chi connectivity index (χ4n) is 2.22. The highest BCUT2D eigenvalue weighted by Crippen LogP contribution is 2.20. The van der Waals surface area contributed by atoms with Gasteiger partial charge in [0.25, 0.3) is 5.69 Å². The van der Waals surface area contributed by atoms with Crippen LogP contribution in [0.1, 0.15) is 22.3 Å². The van der Waals surface area contributed by atoms with Gasteiger partial charge in [0.1, 0.15) is 0 Å². The van der Waals surface area contributed by atoms with Crippen LogP contribution in [0.4, 0.5) is 5.69 Å². The second-order valence-corrected chi connectivity index (χ2v) is 4.91. The molecule has 0 fully saturated rings. The monoisotopic (exact) mass is 270 g/mol. The van der Waals surface area contributed by atoms with E-state index in [-0.39, 0.29) is 10.6 Å². The van der Waals surface area contributed by atoms with Crippen molar-refractivity contribution in [2.24, 2.45) is 0 Å². The molecular weight excluding hydrogens is 252 g/mol. The number of aryl methyl sites for hydroxylation is 1. The van der Waals surface area contributed by atoms with Crippen LogP contribution in [0.5, 0.6) is 0 Å². The van der Waals surface area contributed by atoms with Gasteiger partial charge in [-0.2, -0.15) is 0 Å². The van der Waals surface area contributed by atoms with Gasteiger partial charge in [0.2, 0.25) is 0 Å². The summed E-state index contributed by atoms with van der Waals surface area (Å²) in [7, 11) is 0. The molecule has 0 unspecified atom stereocenters. The lowest BCUT2D eigenvalue weighted by atomic mass is 10.1. The third-order valence-corrected chi connectivity index (χ3v) is 3.34. The van der Waals surface area contributed by atoms with Crippen molar-refractivity contribution >= 4 is 5.69 Å². The van der Waals surface area contributed by atoms with Gasteiger partial charge in [0, 0.05) is 24.7 Å². The first kappa shape index (κ1) is 14.2. The first-order valence-corrected chi connectivity index (χ1v) is 6.57. The van der Waals surface area contributed by atoms with Crippen LogP contribution in [0.2, 0.25) is 0 Å². The molecule has 4 nitrogen and oxygen atoms in total. The summed E-state index contributed by atoms with van der Waals surface area (Å²) in [5, 5.41) is 14.2. The van der Waals surface area contributed by atoms with Gasteiger partial charge in [-0.05, 0) is 25.0 Å². The fraction of sp³-hybridized carbons (Fsp3) is 0.250. The molecule has 0 aliphatic carbocycles. The lowest BCUT2D eigenvalue weighted by molar-refractivity contribution is -0.385. The van der Waals surface area contributed by atoms with Crippen molar-refractivity contribution in [1.29, 1.82) is 0 Å². The lowest BCUT2D eigenvalue weighted by Gasteiger charge is -2.08. The molecule has 4 heteroatoms. The maximum Gasteiger partial charge on any atom is 0.272 e. The zero-order valence-electron chi connectivity index (χ0n) is 11.7. The Morgan fingerprint density at radius 1 is 1.10 bits per heavy atom. The van der Waals surface area contributed by atoms with Gasteiger partial charge in [-0.25, -0.2) is 0 Å². The van der Waals surface area contributed by atoms with E-state index in [1.54, 1.807) is 19.1 Å². The van der Waals surface area contributed by atoms with Crippen molar-refractivity contribution in [3.05, 3.63) is 74.8 Å². The molecule has 0 radical (unpaired) electrons. The molecule has 0 heterocycles. The minimum atomic E-state index is -0.334. The summed E-state index contributed by atoms with van der Waals surface area (Å²) in [5.41, 5.74) is 4.32. The Bertz CT molecular complexity index is 624. The van der Waals surface area contributed by atoms with Crippen LogP contribution in [-0.4, -0.2) is 4.92 Å². The summed E-state index contributed by atoms with van der Waals surface area (Å²) in [5.74, 6) is 0. The summed E-state index contributed by atoms with van der Waals surface area (Å²) in [6, 6.07) is 13.5. The van der Waals surface area contributed by atoms with E-state index in [0.717, 1.165) is 17.7 Å². The van der Waals surface area contributed by atoms with E-state index in [0.29, 0.717) is 6.54 Å². The van der Waals surface area contributed by atoms with Crippen molar-refractivity contribution in [1.82, 2.24) is 5.32 Å². The van der Waals surface area contributed by atoms with Gasteiger partial charge in [0.05, 0.1) is 4.92 Å². The highest BCUT2D eigenvalue weighted by molar-refractivity contribution is 5.44. The molecule has 1 N–H and O–H groups in total. The van der Waals surface area contributed by atoms with Crippen LogP contribution in [0.25, 0.3) is 0 Å². The zero-order chi connectivity index (χ0) is 14.5. The predicted octanol–water partition coefficient (Wildman–Crippen LogP) is 3.50. The number of nitro groups is 1. The number of nitro benzene ring substituents is 1. The Balaban J connectivity index is 2.01. The number of rotatable bonds is 5. The number of benzene rings is 2. The van der Waals surface area contributed by atoms with Gasteiger partial charge in [-0.3, -0.25) is 10.1 Å². The summed E-state index contributed by atoms with van der Waals surface area (Å²) in [4.78, 5) is 10.6. The SMILES string of the molecule is Cc1cccc(CNCc2cccc([N+](=O)[O-])c2C)c1. The lowest BCUT2D eigenvalue weighted by Crippen LogP contribution is -2.14. The molecule has 0 amide bonds. The van der Waals surface area contributed by atoms with Gasteiger partial charge in [0.15, 0.2) is 0 Å². The highest BCUT2D eigenvalue weighted by atomic mass is 16.6. The van der Waals surface area contributed by atoms with Crippen LogP contribution < -0.4 is 5.32 Å². The van der Waals surface area contributed by atoms with E-state index >= 15 is 0 Å². The van der Waals surface area contributed by atoms with Crippen molar-refractivity contribution in [3.8, 4) is 0 Å². The van der Waals surface area contributed by atoms with Crippen LogP contribution >= 0.6 is 0 Å². The molecular formula is C16H18N2O2. The standard InChI is InChI=1S/C16H18N2O2/c1-12-5-3-6-14(9-12)10-17-11-15-7-4-8-16(13(15)2)18(19)20/h3-9,17H,10-11H2,1-2H3. The predicted molar refractivity (Wildman–Crippen MR) is 79.6 cm³/mol. The normalized spacial score (nSPS) is 10.5. The third-order valence-electron chi connectivity index (χ3n) is 3.34. The Hall–Kier alpha value is -2.20. The van der Waals surface area contributed by atoms with Crippen molar-refractivity contribution in [2.75, 3.05) is 0 Å². The number of nitrogens with zero attached hydrogens (tertiary/aromatic N) is 1. The molecule has 2 rings (SSSR count). The highest BCUT2D eigenvalue weighted by Gasteiger charge is 2.12. The smallest absolute Gasteiger partial charge is 0.272 e. The van der Waals surface area contributed by atoms with Gasteiger partial charge >= 0.3 is 0 Å². The molecule has 0 saturated carbocycles. The van der Waals surface area contributed by atoms with Crippen LogP contribution in [-0.2, 0) is 13.1 Å². The zero-order valence-corrected chi connectivity index (χ0v) is 11.7. The van der Waals surface area contributed by atoms with Gasteiger partial charge in [-0.1, -0.05) is 42.0 Å². The molecule has 0 aromatic heterocycles. The largest absolute Gasteiger partial charge is 0.309 e. The topological polar surface area (TPSA) is 55.2 Å². The van der Waals surface area contributed by atoms with Crippen molar-refractivity contribution in [3.63, 3.8) is 0 Å². The number of nitrogens with one attached hydrogen (secondary N) is 1. The minimum Gasteiger partial charge on any atom is -0.309 e. The first-order valence-electron chi connectivity index (χ1n) is 6.57. The molecule has 2 aromatic carbocycles. The van der Waals surface area contributed by atoms with Crippen molar-refractivity contribution < 1.29 is 4.92 Å². The van der Waals surface area contributed by atoms with Crippen molar-refractivity contribution in [2.45, 2.75) is 26.9 Å². The molecule has 0 saturated heterocycles. The fourth-order valence-corrected chi connectivity index (χ4v) is 2.22. The van der Waals surface area contributed by atoms with E-state index in [2.05, 4.69) is 30.4 Å². The summed E-state index contributed by atoms with van der Waals surface area (Å²) >= 11 is 0. The minimum absolute atomic E-state index is 0.180. The average Bonchev–Trinajstić information content (AvgIpc) is 2.40. The summed E-state index contributed by atoms with van der Waals surface area (Å²) in [6.07, 6.45) is 0. The summed E-state index contributed by atoms with van der Waals surface area (Å²) < 4.78 is 0. The van der Waals surface area contributed by atoms with Gasteiger partial charge < -0.3 is 5.32 Å². The molecule has 20 heavy (non-hydrogen) atoms.